The van der Waals surface area contributed by atoms with Gasteiger partial charge in [0.15, 0.2) is 0 Å². The van der Waals surface area contributed by atoms with Crippen LogP contribution in [-0.2, 0) is 20.9 Å². The third kappa shape index (κ3) is 3.29. The lowest BCUT2D eigenvalue weighted by Crippen LogP contribution is -2.45. The highest BCUT2D eigenvalue weighted by Gasteiger charge is 2.61. The zero-order valence-corrected chi connectivity index (χ0v) is 20.2. The van der Waals surface area contributed by atoms with Crippen LogP contribution in [0.5, 0.6) is 0 Å². The summed E-state index contributed by atoms with van der Waals surface area (Å²) in [5.41, 5.74) is 4.06. The number of rotatable bonds is 3. The summed E-state index contributed by atoms with van der Waals surface area (Å²) in [5, 5.41) is 0. The van der Waals surface area contributed by atoms with Gasteiger partial charge in [0, 0.05) is 5.92 Å². The second-order valence-corrected chi connectivity index (χ2v) is 11.9. The number of carbonyl (C=O) groups is 1. The van der Waals surface area contributed by atoms with Crippen molar-refractivity contribution in [3.63, 3.8) is 0 Å². The fourth-order valence-electron chi connectivity index (χ4n) is 8.55. The number of benzene rings is 1. The van der Waals surface area contributed by atoms with Crippen LogP contribution in [0.4, 0.5) is 0 Å². The zero-order chi connectivity index (χ0) is 22.8. The van der Waals surface area contributed by atoms with Crippen LogP contribution in [0.1, 0.15) is 70.8 Å². The molecule has 4 fully saturated rings. The van der Waals surface area contributed by atoms with Crippen molar-refractivity contribution in [1.82, 2.24) is 0 Å². The number of carbonyl (C=O) groups excluding carboxylic acids is 1. The van der Waals surface area contributed by atoms with E-state index >= 15 is 0 Å². The molecule has 33 heavy (non-hydrogen) atoms. The average molecular weight is 447 g/mol. The molecule has 0 aromatic heterocycles. The van der Waals surface area contributed by atoms with Crippen molar-refractivity contribution in [2.45, 2.75) is 83.5 Å². The number of hydrogen-bond donors (Lipinski definition) is 0. The molecule has 0 N–H and O–H groups in total. The van der Waals surface area contributed by atoms with Crippen LogP contribution in [0.3, 0.4) is 0 Å². The smallest absolute Gasteiger partial charge is 0.307 e. The van der Waals surface area contributed by atoms with Crippen LogP contribution in [0.25, 0.3) is 0 Å². The third-order valence-corrected chi connectivity index (χ3v) is 10.4. The maximum Gasteiger partial charge on any atom is 0.307 e. The number of esters is 1. The monoisotopic (exact) mass is 446 g/mol. The van der Waals surface area contributed by atoms with Gasteiger partial charge in [0.05, 0.1) is 19.1 Å². The van der Waals surface area contributed by atoms with E-state index in [0.717, 1.165) is 31.1 Å². The van der Waals surface area contributed by atoms with Gasteiger partial charge in [-0.1, -0.05) is 62.4 Å². The number of fused-ring (bicyclic) bond motifs is 5. The minimum absolute atomic E-state index is 0.0257. The minimum Gasteiger partial charge on any atom is -0.454 e. The lowest BCUT2D eigenvalue weighted by molar-refractivity contribution is -0.149. The van der Waals surface area contributed by atoms with Crippen molar-refractivity contribution in [2.24, 2.45) is 35.0 Å². The number of hydrogen-bond acceptors (Lipinski definition) is 3. The molecule has 3 heteroatoms. The van der Waals surface area contributed by atoms with Crippen LogP contribution in [0, 0.1) is 35.0 Å². The molecule has 4 aliphatic carbocycles. The lowest BCUT2D eigenvalue weighted by Gasteiger charge is -2.49. The molecule has 0 amide bonds. The lowest BCUT2D eigenvalue weighted by atomic mass is 9.56. The van der Waals surface area contributed by atoms with Gasteiger partial charge < -0.3 is 9.47 Å². The first-order chi connectivity index (χ1) is 15.9. The molecule has 0 bridgehead atoms. The Kier molecular flexibility index (Phi) is 5.14. The Morgan fingerprint density at radius 2 is 1.94 bits per heavy atom. The van der Waals surface area contributed by atoms with E-state index < -0.39 is 0 Å². The van der Waals surface area contributed by atoms with E-state index in [1.807, 2.05) is 0 Å². The van der Waals surface area contributed by atoms with Crippen molar-refractivity contribution in [3.05, 3.63) is 59.7 Å². The highest BCUT2D eigenvalue weighted by molar-refractivity contribution is 5.74. The van der Waals surface area contributed by atoms with E-state index in [0.29, 0.717) is 31.0 Å². The summed E-state index contributed by atoms with van der Waals surface area (Å²) in [5.74, 6) is 2.94. The van der Waals surface area contributed by atoms with Gasteiger partial charge in [-0.3, -0.25) is 4.79 Å². The molecule has 1 saturated heterocycles. The molecule has 1 aliphatic heterocycles. The third-order valence-electron chi connectivity index (χ3n) is 10.4. The Bertz CT molecular complexity index is 980. The Morgan fingerprint density at radius 3 is 2.70 bits per heavy atom. The van der Waals surface area contributed by atoms with Crippen LogP contribution < -0.4 is 0 Å². The molecular formula is C30H38O3. The predicted molar refractivity (Wildman–Crippen MR) is 129 cm³/mol. The molecule has 5 aliphatic rings. The largest absolute Gasteiger partial charge is 0.454 e. The molecule has 0 unspecified atom stereocenters. The van der Waals surface area contributed by atoms with Gasteiger partial charge in [0.25, 0.3) is 0 Å². The second kappa shape index (κ2) is 7.83. The van der Waals surface area contributed by atoms with Gasteiger partial charge in [-0.25, -0.2) is 0 Å². The molecule has 1 aromatic carbocycles. The SMILES string of the molecule is C=C1[C@@H]2C[C@H]3[C@@H](CC=C4C[C@@H](OCc5ccccc5)CC[C@@]43C)[C@@H]2CC[C@]12OC(=O)C[C@H]2C. The molecule has 3 nitrogen and oxygen atoms in total. The van der Waals surface area contributed by atoms with Gasteiger partial charge in [-0.05, 0) is 85.2 Å². The Balaban J connectivity index is 1.17. The van der Waals surface area contributed by atoms with E-state index in [2.05, 4.69) is 56.8 Å². The summed E-state index contributed by atoms with van der Waals surface area (Å²) in [4.78, 5) is 12.1. The van der Waals surface area contributed by atoms with Crippen LogP contribution in [0.15, 0.2) is 54.1 Å². The standard InChI is InChI=1S/C30H38O3/c1-19-15-28(31)33-30(19)14-12-24-25-10-9-22-16-23(32-18-21-7-5-4-6-8-21)11-13-29(22,3)27(25)17-26(24)20(30)2/h4-9,19,23-27H,2,10-18H2,1,3H3/t19-,23+,24+,25+,26+,27+,29+,30-/m1/s1. The predicted octanol–water partition coefficient (Wildman–Crippen LogP) is 6.63. The fourth-order valence-corrected chi connectivity index (χ4v) is 8.55. The molecule has 0 radical (unpaired) electrons. The molecule has 3 saturated carbocycles. The average Bonchev–Trinajstić information content (AvgIpc) is 3.34. The molecule has 176 valence electrons. The van der Waals surface area contributed by atoms with E-state index in [1.54, 1.807) is 5.57 Å². The minimum atomic E-state index is -0.383. The highest BCUT2D eigenvalue weighted by Crippen LogP contribution is 2.66. The van der Waals surface area contributed by atoms with E-state index in [4.69, 9.17) is 9.47 Å². The molecular weight excluding hydrogens is 408 g/mol. The van der Waals surface area contributed by atoms with E-state index in [9.17, 15) is 4.79 Å². The first-order valence-electron chi connectivity index (χ1n) is 13.2. The van der Waals surface area contributed by atoms with E-state index in [1.165, 1.54) is 36.8 Å². The summed E-state index contributed by atoms with van der Waals surface area (Å²) in [6.07, 6.45) is 11.5. The maximum atomic E-state index is 12.1. The molecule has 1 aromatic rings. The number of allylic oxidation sites excluding steroid dienone is 1. The molecule has 8 atom stereocenters. The van der Waals surface area contributed by atoms with Crippen LogP contribution >= 0.6 is 0 Å². The van der Waals surface area contributed by atoms with Gasteiger partial charge in [0.2, 0.25) is 0 Å². The summed E-state index contributed by atoms with van der Waals surface area (Å²) in [6.45, 7) is 10.1. The topological polar surface area (TPSA) is 35.5 Å². The van der Waals surface area contributed by atoms with Crippen molar-refractivity contribution in [3.8, 4) is 0 Å². The Hall–Kier alpha value is -1.87. The quantitative estimate of drug-likeness (QED) is 0.386. The first kappa shape index (κ1) is 21.6. The summed E-state index contributed by atoms with van der Waals surface area (Å²) in [7, 11) is 0. The second-order valence-electron chi connectivity index (χ2n) is 11.9. The van der Waals surface area contributed by atoms with E-state index in [-0.39, 0.29) is 22.9 Å². The van der Waals surface area contributed by atoms with Crippen LogP contribution in [0.2, 0.25) is 0 Å². The Morgan fingerprint density at radius 1 is 1.12 bits per heavy atom. The zero-order valence-electron chi connectivity index (χ0n) is 20.2. The van der Waals surface area contributed by atoms with Crippen LogP contribution in [-0.4, -0.2) is 17.7 Å². The summed E-state index contributed by atoms with van der Waals surface area (Å²) >= 11 is 0. The van der Waals surface area contributed by atoms with Gasteiger partial charge in [-0.15, -0.1) is 0 Å². The maximum absolute atomic E-state index is 12.1. The summed E-state index contributed by atoms with van der Waals surface area (Å²) < 4.78 is 12.4. The van der Waals surface area contributed by atoms with Crippen molar-refractivity contribution in [2.75, 3.05) is 0 Å². The van der Waals surface area contributed by atoms with Crippen molar-refractivity contribution >= 4 is 5.97 Å². The molecule has 6 rings (SSSR count). The normalized spacial score (nSPS) is 44.1. The fraction of sp³-hybridized carbons (Fsp3) is 0.633. The van der Waals surface area contributed by atoms with Crippen molar-refractivity contribution in [1.29, 1.82) is 0 Å². The highest BCUT2D eigenvalue weighted by atomic mass is 16.6. The Labute approximate surface area is 198 Å². The van der Waals surface area contributed by atoms with Gasteiger partial charge >= 0.3 is 5.97 Å². The van der Waals surface area contributed by atoms with Gasteiger partial charge in [-0.2, -0.15) is 0 Å². The molecule has 1 spiro atoms. The number of ether oxygens (including phenoxy) is 2. The van der Waals surface area contributed by atoms with Crippen molar-refractivity contribution < 1.29 is 14.3 Å². The summed E-state index contributed by atoms with van der Waals surface area (Å²) in [6, 6.07) is 10.5. The molecule has 1 heterocycles. The van der Waals surface area contributed by atoms with Gasteiger partial charge in [0.1, 0.15) is 5.60 Å². The first-order valence-corrected chi connectivity index (χ1v) is 13.2.